The molecular formula is C114H68N8O2S2. The lowest BCUT2D eigenvalue weighted by Gasteiger charge is -2.12. The van der Waals surface area contributed by atoms with Crippen molar-refractivity contribution in [3.05, 3.63) is 412 Å². The second-order valence-electron chi connectivity index (χ2n) is 30.6. The topological polar surface area (TPSA) is 113 Å². The summed E-state index contributed by atoms with van der Waals surface area (Å²) in [5.41, 5.74) is 11.5. The van der Waals surface area contributed by atoms with Gasteiger partial charge in [0.1, 0.15) is 22.3 Å². The molecule has 0 aliphatic heterocycles. The van der Waals surface area contributed by atoms with Crippen molar-refractivity contribution in [3.8, 4) is 124 Å². The molecule has 0 atom stereocenters. The zero-order valence-corrected chi connectivity index (χ0v) is 67.8. The smallest absolute Gasteiger partial charge is 0.238 e. The number of rotatable bonds is 12. The Morgan fingerprint density at radius 2 is 0.619 bits per heavy atom. The largest absolute Gasteiger partial charge is 0.456 e. The van der Waals surface area contributed by atoms with Gasteiger partial charge in [0.25, 0.3) is 0 Å². The Kier molecular flexibility index (Phi) is 13.5. The summed E-state index contributed by atoms with van der Waals surface area (Å²) in [4.78, 5) is 30.8. The van der Waals surface area contributed by atoms with Gasteiger partial charge in [-0.15, -0.1) is 22.7 Å². The van der Waals surface area contributed by atoms with Crippen LogP contribution < -0.4 is 0 Å². The van der Waals surface area contributed by atoms with E-state index in [9.17, 15) is 8.22 Å². The predicted octanol–water partition coefficient (Wildman–Crippen LogP) is 31.1. The first-order chi connectivity index (χ1) is 69.5. The van der Waals surface area contributed by atoms with Gasteiger partial charge >= 0.3 is 0 Å². The lowest BCUT2D eigenvalue weighted by molar-refractivity contribution is 0.668. The van der Waals surface area contributed by atoms with Crippen molar-refractivity contribution < 1.29 is 32.1 Å². The monoisotopic (exact) mass is 1660 g/mol. The van der Waals surface area contributed by atoms with Gasteiger partial charge in [-0.05, 0) is 164 Å². The number of thiophene rings is 2. The maximum atomic E-state index is 9.84. The summed E-state index contributed by atoms with van der Waals surface area (Å²) >= 11 is 3.45. The molecule has 0 fully saturated rings. The molecule has 126 heavy (non-hydrogen) atoms. The minimum Gasteiger partial charge on any atom is -0.456 e. The molecule has 0 radical (unpaired) electrons. The molecule has 0 saturated heterocycles. The van der Waals surface area contributed by atoms with Crippen LogP contribution in [0.25, 0.3) is 252 Å². The van der Waals surface area contributed by atoms with Gasteiger partial charge in [0.05, 0.1) is 45.4 Å². The van der Waals surface area contributed by atoms with Crippen LogP contribution in [0.2, 0.25) is 0 Å². The van der Waals surface area contributed by atoms with E-state index in [0.29, 0.717) is 28.1 Å². The molecule has 26 rings (SSSR count). The van der Waals surface area contributed by atoms with Gasteiger partial charge in [-0.25, -0.2) is 9.97 Å². The van der Waals surface area contributed by atoms with E-state index in [2.05, 4.69) is 103 Å². The van der Waals surface area contributed by atoms with E-state index < -0.39 is 72.0 Å². The van der Waals surface area contributed by atoms with Crippen molar-refractivity contribution in [1.29, 1.82) is 0 Å². The van der Waals surface area contributed by atoms with E-state index in [4.69, 9.17) is 53.8 Å². The summed E-state index contributed by atoms with van der Waals surface area (Å²) in [6, 6.07) is 94.2. The fourth-order valence-corrected chi connectivity index (χ4v) is 19.8. The zero-order valence-electron chi connectivity index (χ0n) is 83.2. The molecule has 10 nitrogen and oxygen atoms in total. The molecular weight excluding hydrogens is 1580 g/mol. The van der Waals surface area contributed by atoms with E-state index in [1.165, 1.54) is 4.70 Å². The minimum absolute atomic E-state index is 0.0133. The Hall–Kier alpha value is -16.4. The van der Waals surface area contributed by atoms with Crippen LogP contribution in [0.15, 0.2) is 421 Å². The molecule has 0 aliphatic rings. The number of hydrogen-bond acceptors (Lipinski definition) is 10. The van der Waals surface area contributed by atoms with E-state index in [1.54, 1.807) is 34.8 Å². The fraction of sp³-hybridized carbons (Fsp3) is 0. The molecule has 0 N–H and O–H groups in total. The SMILES string of the molecule is [2H]c1c([2H])c(-c2ccccc2)c2c(oc3c([2H])c(-c4nc(-c5cccc(-c6ccccc6)c5)nc(-n5c6ccc(-c7ccccc7)cc6c6c7c(ccc65)sc5ccccc57)n4)c([2H])c([2H])c32)c1[2H].[2H]c1c([2H])c([2H])c(-c2c([2H])c([2H])c([2H])c3oc4c([2H])c(-c5nc(-c6ccc(-c7ccccc7)cc6)nc(-n6c7cc(-c8ccccc8)ccc7c7c8c(ccc76)sc6ccccc68)n5)c([2H])c([2H])c4c23)c([2H])c1[2H]. The lowest BCUT2D eigenvalue weighted by atomic mass is 9.99. The third-order valence-electron chi connectivity index (χ3n) is 23.3. The van der Waals surface area contributed by atoms with Gasteiger partial charge in [0.2, 0.25) is 11.9 Å². The molecule has 0 spiro atoms. The van der Waals surface area contributed by atoms with Crippen molar-refractivity contribution in [1.82, 2.24) is 39.0 Å². The normalized spacial score (nSPS) is 13.7. The van der Waals surface area contributed by atoms with Crippen LogP contribution in [0.3, 0.4) is 0 Å². The Morgan fingerprint density at radius 1 is 0.214 bits per heavy atom. The van der Waals surface area contributed by atoms with Gasteiger partial charge in [0.15, 0.2) is 23.3 Å². The second kappa shape index (κ2) is 29.8. The van der Waals surface area contributed by atoms with E-state index in [0.717, 1.165) is 124 Å². The minimum atomic E-state index is -0.692. The molecule has 8 heterocycles. The Labute approximate surface area is 753 Å². The number of hydrogen-bond donors (Lipinski definition) is 0. The van der Waals surface area contributed by atoms with E-state index in [-0.39, 0.29) is 126 Å². The summed E-state index contributed by atoms with van der Waals surface area (Å²) in [7, 11) is 0. The summed E-state index contributed by atoms with van der Waals surface area (Å²) in [6.45, 7) is 0. The lowest BCUT2D eigenvalue weighted by Crippen LogP contribution is -2.06. The van der Waals surface area contributed by atoms with Crippen molar-refractivity contribution in [3.63, 3.8) is 0 Å². The van der Waals surface area contributed by atoms with Gasteiger partial charge in [0, 0.05) is 106 Å². The van der Waals surface area contributed by atoms with Crippen LogP contribution >= 0.6 is 22.7 Å². The number of aromatic nitrogens is 8. The quantitative estimate of drug-likeness (QED) is 0.119. The van der Waals surface area contributed by atoms with Crippen LogP contribution in [0.4, 0.5) is 0 Å². The molecule has 588 valence electrons. The molecule has 18 aromatic carbocycles. The molecule has 26 aromatic rings. The molecule has 12 heteroatoms. The number of nitrogens with zero attached hydrogens (tertiary/aromatic N) is 8. The molecule has 0 bridgehead atoms. The number of benzene rings is 18. The second-order valence-corrected chi connectivity index (χ2v) is 32.7. The van der Waals surface area contributed by atoms with Crippen LogP contribution in [-0.4, -0.2) is 39.0 Å². The predicted molar refractivity (Wildman–Crippen MR) is 523 cm³/mol. The maximum absolute atomic E-state index is 9.84. The van der Waals surface area contributed by atoms with Crippen LogP contribution in [0.1, 0.15) is 23.3 Å². The highest BCUT2D eigenvalue weighted by Crippen LogP contribution is 2.49. The van der Waals surface area contributed by atoms with E-state index >= 15 is 0 Å². The van der Waals surface area contributed by atoms with Gasteiger partial charge < -0.3 is 8.83 Å². The van der Waals surface area contributed by atoms with Crippen LogP contribution in [-0.2, 0) is 0 Å². The molecule has 0 amide bonds. The summed E-state index contributed by atoms with van der Waals surface area (Å²) < 4.78 is 176. The fourth-order valence-electron chi connectivity index (χ4n) is 17.5. The Balaban J connectivity index is 0.000000150. The van der Waals surface area contributed by atoms with Crippen molar-refractivity contribution >= 4 is 151 Å². The Morgan fingerprint density at radius 3 is 1.17 bits per heavy atom. The van der Waals surface area contributed by atoms with Gasteiger partial charge in [-0.3, -0.25) is 9.13 Å². The highest BCUT2D eigenvalue weighted by atomic mass is 32.1. The first kappa shape index (κ1) is 57.0. The van der Waals surface area contributed by atoms with Crippen molar-refractivity contribution in [2.45, 2.75) is 0 Å². The molecule has 0 saturated carbocycles. The van der Waals surface area contributed by atoms with Gasteiger partial charge in [-0.2, -0.15) is 19.9 Å². The zero-order chi connectivity index (χ0) is 97.7. The average molecular weight is 1660 g/mol. The standard InChI is InChI=1S/2C57H34N4OS/c1-4-14-35(15-5-1)38-20-12-21-40(32-38)55-58-56(41-26-28-43-49(34-41)62-48-24-13-23-42(52(43)48)37-18-8-3-9-19-37)60-57(59-55)61-46-29-27-39(36-16-6-2-7-17-36)33-45(46)53-47(61)30-31-51-54(53)44-22-10-11-25-50(44)63-51;1-4-13-35(14-5-1)37-23-25-39(26-24-37)55-58-56(41-28-30-44-49(34-41)62-48-21-12-20-42(52(44)48)38-17-8-3-9-18-38)60-57(59-55)61-46-31-32-51-54(45-19-10-11-22-50(45)63-51)53(46)43-29-27-40(33-47(43)61)36-15-6-2-7-16-36/h2*1-34H/i13D,23D,24D,26D,28D,34D;3D,8D,9D,12D,17D,18D,20D,21D,28D,30D,34D. The summed E-state index contributed by atoms with van der Waals surface area (Å²) in [6.07, 6.45) is 0. The van der Waals surface area contributed by atoms with Crippen LogP contribution in [0, 0.1) is 0 Å². The summed E-state index contributed by atoms with van der Waals surface area (Å²) in [5.74, 6) is 0.743. The number of furan rings is 2. The summed E-state index contributed by atoms with van der Waals surface area (Å²) in [5, 5.41) is 8.32. The molecule has 8 aromatic heterocycles. The first-order valence-electron chi connectivity index (χ1n) is 49.3. The Bertz CT molecular complexity index is 9930. The molecule has 0 unspecified atom stereocenters. The highest BCUT2D eigenvalue weighted by molar-refractivity contribution is 7.26. The number of fused-ring (bicyclic) bond motifs is 20. The van der Waals surface area contributed by atoms with Crippen molar-refractivity contribution in [2.24, 2.45) is 0 Å². The first-order valence-corrected chi connectivity index (χ1v) is 42.4. The highest BCUT2D eigenvalue weighted by Gasteiger charge is 2.27. The molecule has 0 aliphatic carbocycles. The third-order valence-corrected chi connectivity index (χ3v) is 25.6. The van der Waals surface area contributed by atoms with Crippen LogP contribution in [0.5, 0.6) is 0 Å². The van der Waals surface area contributed by atoms with Crippen molar-refractivity contribution in [2.75, 3.05) is 0 Å². The van der Waals surface area contributed by atoms with Gasteiger partial charge in [-0.1, -0.05) is 315 Å². The van der Waals surface area contributed by atoms with E-state index in [1.807, 2.05) is 203 Å². The third kappa shape index (κ3) is 12.3. The average Bonchev–Trinajstić information content (AvgIpc) is 1.57. The maximum Gasteiger partial charge on any atom is 0.238 e.